The molecule has 3 N–H and O–H groups in total. The van der Waals surface area contributed by atoms with E-state index in [-0.39, 0.29) is 49.1 Å². The van der Waals surface area contributed by atoms with Gasteiger partial charge in [-0.05, 0) is 25.8 Å². The summed E-state index contributed by atoms with van der Waals surface area (Å²) in [5.74, 6) is -0.0383. The van der Waals surface area contributed by atoms with Crippen LogP contribution in [0.2, 0.25) is 0 Å². The predicted octanol–water partition coefficient (Wildman–Crippen LogP) is 1.57. The summed E-state index contributed by atoms with van der Waals surface area (Å²) in [6.07, 6.45) is -3.21. The number of hydrogen-bond acceptors (Lipinski definition) is 3. The molecule has 0 aromatic heterocycles. The van der Waals surface area contributed by atoms with Gasteiger partial charge >= 0.3 is 6.18 Å². The Balaban J connectivity index is 0. The number of nitrogens with one attached hydrogen (secondary N) is 1. The molecule has 0 saturated carbocycles. The first-order valence-corrected chi connectivity index (χ1v) is 6.07. The van der Waals surface area contributed by atoms with E-state index in [9.17, 15) is 18.0 Å². The van der Waals surface area contributed by atoms with Crippen molar-refractivity contribution in [2.24, 2.45) is 11.7 Å². The largest absolute Gasteiger partial charge is 0.401 e. The molecule has 2 atom stereocenters. The molecule has 1 fully saturated rings. The molecule has 9 heteroatoms. The van der Waals surface area contributed by atoms with Crippen molar-refractivity contribution in [1.82, 2.24) is 10.2 Å². The summed E-state index contributed by atoms with van der Waals surface area (Å²) >= 11 is 0. The lowest BCUT2D eigenvalue weighted by molar-refractivity contribution is -0.143. The number of carbonyl (C=O) groups excluding carboxylic acids is 1. The number of likely N-dealkylation sites (tertiary alicyclic amines) is 1. The first kappa shape index (κ1) is 22.0. The smallest absolute Gasteiger partial charge is 0.356 e. The minimum atomic E-state index is -4.15. The molecule has 1 rings (SSSR count). The molecule has 20 heavy (non-hydrogen) atoms. The molecular formula is C11H22Cl2F3N3O. The fourth-order valence-electron chi connectivity index (χ4n) is 2.10. The van der Waals surface area contributed by atoms with E-state index in [1.54, 1.807) is 6.92 Å². The summed E-state index contributed by atoms with van der Waals surface area (Å²) in [5.41, 5.74) is 5.47. The van der Waals surface area contributed by atoms with Crippen LogP contribution in [0.15, 0.2) is 0 Å². The van der Waals surface area contributed by atoms with Gasteiger partial charge in [0.15, 0.2) is 0 Å². The third-order valence-electron chi connectivity index (χ3n) is 2.87. The molecule has 1 amide bonds. The molecule has 1 saturated heterocycles. The molecule has 1 heterocycles. The van der Waals surface area contributed by atoms with Crippen LogP contribution in [0, 0.1) is 5.92 Å². The fraction of sp³-hybridized carbons (Fsp3) is 0.909. The molecule has 1 aliphatic rings. The van der Waals surface area contributed by atoms with E-state index in [0.29, 0.717) is 26.1 Å². The van der Waals surface area contributed by atoms with Crippen molar-refractivity contribution in [3.05, 3.63) is 0 Å². The number of nitrogens with zero attached hydrogens (tertiary/aromatic N) is 1. The van der Waals surface area contributed by atoms with E-state index >= 15 is 0 Å². The van der Waals surface area contributed by atoms with E-state index in [4.69, 9.17) is 5.73 Å². The van der Waals surface area contributed by atoms with Crippen molar-refractivity contribution in [3.8, 4) is 0 Å². The maximum atomic E-state index is 12.2. The first-order chi connectivity index (χ1) is 8.26. The van der Waals surface area contributed by atoms with Crippen molar-refractivity contribution in [1.29, 1.82) is 0 Å². The van der Waals surface area contributed by atoms with Gasteiger partial charge in [0, 0.05) is 25.6 Å². The minimum absolute atomic E-state index is 0. The van der Waals surface area contributed by atoms with E-state index in [1.165, 1.54) is 4.90 Å². The summed E-state index contributed by atoms with van der Waals surface area (Å²) in [6.45, 7) is 2.13. The highest BCUT2D eigenvalue weighted by Gasteiger charge is 2.34. The van der Waals surface area contributed by atoms with E-state index in [1.807, 2.05) is 0 Å². The number of amides is 1. The summed E-state index contributed by atoms with van der Waals surface area (Å²) < 4.78 is 36.5. The van der Waals surface area contributed by atoms with Crippen molar-refractivity contribution < 1.29 is 18.0 Å². The Morgan fingerprint density at radius 2 is 2.05 bits per heavy atom. The number of hydrogen-bond donors (Lipinski definition) is 2. The van der Waals surface area contributed by atoms with Gasteiger partial charge in [0.1, 0.15) is 0 Å². The van der Waals surface area contributed by atoms with Crippen LogP contribution in [-0.4, -0.2) is 49.2 Å². The van der Waals surface area contributed by atoms with Gasteiger partial charge < -0.3 is 11.1 Å². The Labute approximate surface area is 129 Å². The quantitative estimate of drug-likeness (QED) is 0.799. The summed E-state index contributed by atoms with van der Waals surface area (Å²) in [4.78, 5) is 12.7. The van der Waals surface area contributed by atoms with Crippen LogP contribution >= 0.6 is 24.8 Å². The number of halogens is 5. The summed E-state index contributed by atoms with van der Waals surface area (Å²) in [7, 11) is 0. The Kier molecular flexibility index (Phi) is 10.6. The summed E-state index contributed by atoms with van der Waals surface area (Å²) in [5, 5.41) is 2.71. The highest BCUT2D eigenvalue weighted by molar-refractivity contribution is 5.85. The van der Waals surface area contributed by atoms with Crippen LogP contribution in [0.3, 0.4) is 0 Å². The van der Waals surface area contributed by atoms with Crippen molar-refractivity contribution in [2.45, 2.75) is 32.0 Å². The number of alkyl halides is 3. The van der Waals surface area contributed by atoms with Crippen molar-refractivity contribution in [3.63, 3.8) is 0 Å². The SMILES string of the molecule is CC(N)CC(=O)NCC1CCN(CC(F)(F)F)C1.Cl.Cl. The molecule has 0 aromatic rings. The van der Waals surface area contributed by atoms with Crippen LogP contribution in [0.4, 0.5) is 13.2 Å². The average Bonchev–Trinajstić information content (AvgIpc) is 2.58. The highest BCUT2D eigenvalue weighted by atomic mass is 35.5. The fourth-order valence-corrected chi connectivity index (χ4v) is 2.10. The van der Waals surface area contributed by atoms with Crippen LogP contribution in [0.5, 0.6) is 0 Å². The number of nitrogens with two attached hydrogens (primary N) is 1. The lowest BCUT2D eigenvalue weighted by Crippen LogP contribution is -2.36. The maximum Gasteiger partial charge on any atom is 0.401 e. The van der Waals surface area contributed by atoms with Gasteiger partial charge in [-0.2, -0.15) is 13.2 Å². The topological polar surface area (TPSA) is 58.4 Å². The van der Waals surface area contributed by atoms with E-state index in [2.05, 4.69) is 5.32 Å². The van der Waals surface area contributed by atoms with Crippen molar-refractivity contribution >= 4 is 30.7 Å². The molecule has 4 nitrogen and oxygen atoms in total. The zero-order valence-corrected chi connectivity index (χ0v) is 12.9. The second kappa shape index (κ2) is 9.65. The molecule has 0 bridgehead atoms. The van der Waals surface area contributed by atoms with E-state index in [0.717, 1.165) is 0 Å². The number of rotatable bonds is 5. The van der Waals surface area contributed by atoms with Gasteiger partial charge in [-0.25, -0.2) is 0 Å². The Morgan fingerprint density at radius 3 is 2.55 bits per heavy atom. The normalized spacial score (nSPS) is 20.8. The molecule has 0 aromatic carbocycles. The van der Waals surface area contributed by atoms with Gasteiger partial charge in [-0.1, -0.05) is 0 Å². The molecule has 0 spiro atoms. The van der Waals surface area contributed by atoms with Crippen LogP contribution in [0.25, 0.3) is 0 Å². The summed E-state index contributed by atoms with van der Waals surface area (Å²) in [6, 6.07) is -0.199. The Morgan fingerprint density at radius 1 is 1.45 bits per heavy atom. The molecule has 0 aliphatic carbocycles. The second-order valence-electron chi connectivity index (χ2n) is 4.99. The van der Waals surface area contributed by atoms with Crippen LogP contribution in [0.1, 0.15) is 19.8 Å². The lowest BCUT2D eigenvalue weighted by Gasteiger charge is -2.18. The van der Waals surface area contributed by atoms with Crippen LogP contribution < -0.4 is 11.1 Å². The maximum absolute atomic E-state index is 12.2. The van der Waals surface area contributed by atoms with Gasteiger partial charge in [0.25, 0.3) is 0 Å². The zero-order valence-electron chi connectivity index (χ0n) is 11.3. The third kappa shape index (κ3) is 9.63. The molecule has 0 radical (unpaired) electrons. The van der Waals surface area contributed by atoms with Gasteiger partial charge in [-0.15, -0.1) is 24.8 Å². The van der Waals surface area contributed by atoms with Gasteiger partial charge in [0.2, 0.25) is 5.91 Å². The van der Waals surface area contributed by atoms with Crippen LogP contribution in [-0.2, 0) is 4.79 Å². The number of carbonyl (C=O) groups is 1. The van der Waals surface area contributed by atoms with Gasteiger partial charge in [-0.3, -0.25) is 9.69 Å². The standard InChI is InChI=1S/C11H20F3N3O.2ClH/c1-8(15)4-10(18)16-5-9-2-3-17(6-9)7-11(12,13)14;;/h8-9H,2-7,15H2,1H3,(H,16,18);2*1H. The van der Waals surface area contributed by atoms with Crippen molar-refractivity contribution in [2.75, 3.05) is 26.2 Å². The Bertz CT molecular complexity index is 291. The Hall–Kier alpha value is -0.240. The molecule has 122 valence electrons. The highest BCUT2D eigenvalue weighted by Crippen LogP contribution is 2.22. The monoisotopic (exact) mass is 339 g/mol. The molecule has 2 unspecified atom stereocenters. The second-order valence-corrected chi connectivity index (χ2v) is 4.99. The first-order valence-electron chi connectivity index (χ1n) is 6.07. The molecular weight excluding hydrogens is 318 g/mol. The zero-order chi connectivity index (χ0) is 13.8. The minimum Gasteiger partial charge on any atom is -0.356 e. The predicted molar refractivity (Wildman–Crippen MR) is 76.4 cm³/mol. The molecule has 1 aliphatic heterocycles. The average molecular weight is 340 g/mol. The lowest BCUT2D eigenvalue weighted by atomic mass is 10.1. The van der Waals surface area contributed by atoms with E-state index < -0.39 is 12.7 Å². The third-order valence-corrected chi connectivity index (χ3v) is 2.87. The van der Waals surface area contributed by atoms with Gasteiger partial charge in [0.05, 0.1) is 6.54 Å².